The van der Waals surface area contributed by atoms with Crippen LogP contribution in [0.2, 0.25) is 5.02 Å². The van der Waals surface area contributed by atoms with Crippen LogP contribution in [0.5, 0.6) is 5.75 Å². The van der Waals surface area contributed by atoms with E-state index in [0.29, 0.717) is 10.7 Å². The third kappa shape index (κ3) is 4.67. The Kier molecular flexibility index (Phi) is 5.75. The van der Waals surface area contributed by atoms with Crippen molar-refractivity contribution in [3.63, 3.8) is 0 Å². The lowest BCUT2D eigenvalue weighted by atomic mass is 10.1. The number of aromatic amines is 1. The molecule has 1 heterocycles. The molecule has 1 aromatic heterocycles. The highest BCUT2D eigenvalue weighted by molar-refractivity contribution is 6.30. The number of hydrogen-bond donors (Lipinski definition) is 2. The summed E-state index contributed by atoms with van der Waals surface area (Å²) in [7, 11) is 1.34. The lowest BCUT2D eigenvalue weighted by molar-refractivity contribution is -0.137. The number of hydrogen-bond acceptors (Lipinski definition) is 5. The maximum absolute atomic E-state index is 13.0. The number of alkyl halides is 3. The van der Waals surface area contributed by atoms with Crippen LogP contribution in [0, 0.1) is 11.3 Å². The largest absolute Gasteiger partial charge is 0.496 e. The maximum Gasteiger partial charge on any atom is 0.416 e. The number of aromatic nitrogens is 2. The molecule has 3 rings (SSSR count). The molecule has 0 saturated carbocycles. The molecule has 0 radical (unpaired) electrons. The summed E-state index contributed by atoms with van der Waals surface area (Å²) in [5, 5.41) is 19.5. The summed E-state index contributed by atoms with van der Waals surface area (Å²) in [6.07, 6.45) is -3.33. The topological polar surface area (TPSA) is 86.1 Å². The number of nitrogens with zero attached hydrogens (tertiary/aromatic N) is 3. The van der Waals surface area contributed by atoms with Crippen molar-refractivity contribution in [2.45, 2.75) is 6.18 Å². The molecular weight excluding hydrogens is 407 g/mol. The average molecular weight is 420 g/mol. The smallest absolute Gasteiger partial charge is 0.416 e. The van der Waals surface area contributed by atoms with Gasteiger partial charge in [-0.15, -0.1) is 0 Å². The van der Waals surface area contributed by atoms with E-state index in [1.807, 2.05) is 6.07 Å². The Morgan fingerprint density at radius 3 is 2.72 bits per heavy atom. The quantitative estimate of drug-likeness (QED) is 0.538. The van der Waals surface area contributed by atoms with E-state index in [2.05, 4.69) is 20.5 Å². The molecule has 0 aliphatic carbocycles. The average Bonchev–Trinajstić information content (AvgIpc) is 3.06. The monoisotopic (exact) mass is 419 g/mol. The predicted molar refractivity (Wildman–Crippen MR) is 103 cm³/mol. The number of nitrogens with one attached hydrogen (secondary N) is 2. The van der Waals surface area contributed by atoms with E-state index in [-0.39, 0.29) is 28.5 Å². The Morgan fingerprint density at radius 1 is 1.28 bits per heavy atom. The van der Waals surface area contributed by atoms with Gasteiger partial charge in [0.15, 0.2) is 11.6 Å². The molecule has 0 aliphatic rings. The van der Waals surface area contributed by atoms with E-state index in [4.69, 9.17) is 16.3 Å². The molecule has 0 unspecified atom stereocenters. The summed E-state index contributed by atoms with van der Waals surface area (Å²) >= 11 is 5.93. The van der Waals surface area contributed by atoms with Crippen LogP contribution in [-0.4, -0.2) is 23.5 Å². The van der Waals surface area contributed by atoms with Gasteiger partial charge >= 0.3 is 6.18 Å². The fraction of sp³-hybridized carbons (Fsp3) is 0.105. The summed E-state index contributed by atoms with van der Waals surface area (Å²) in [5.74, 6) is 0.492. The molecule has 3 aromatic rings. The number of rotatable bonds is 5. The maximum atomic E-state index is 13.0. The molecule has 0 fully saturated rings. The standard InChI is InChI=1S/C19H13ClF3N5O/c1-29-16-6-5-12(19(21,22)23)7-11(16)10-25-17-15(9-24)18(28-27-17)26-14-4-2-3-13(20)8-14/h2-8,10H,1H3,(H2,26,27,28)/b25-10+. The van der Waals surface area contributed by atoms with Crippen LogP contribution < -0.4 is 10.1 Å². The number of benzene rings is 2. The molecule has 0 saturated heterocycles. The van der Waals surface area contributed by atoms with Gasteiger partial charge in [0, 0.05) is 22.5 Å². The van der Waals surface area contributed by atoms with Crippen molar-refractivity contribution in [3.8, 4) is 11.8 Å². The van der Waals surface area contributed by atoms with Crippen molar-refractivity contribution in [2.75, 3.05) is 12.4 Å². The first-order chi connectivity index (χ1) is 13.8. The van der Waals surface area contributed by atoms with Crippen LogP contribution in [0.15, 0.2) is 47.5 Å². The first kappa shape index (κ1) is 20.2. The van der Waals surface area contributed by atoms with Crippen molar-refractivity contribution in [2.24, 2.45) is 4.99 Å². The highest BCUT2D eigenvalue weighted by Crippen LogP contribution is 2.32. The molecule has 2 aromatic carbocycles. The lowest BCUT2D eigenvalue weighted by Gasteiger charge is -2.10. The molecule has 0 aliphatic heterocycles. The second-order valence-electron chi connectivity index (χ2n) is 5.76. The van der Waals surface area contributed by atoms with Crippen LogP contribution in [0.4, 0.5) is 30.5 Å². The number of anilines is 2. The van der Waals surface area contributed by atoms with Crippen molar-refractivity contribution >= 4 is 35.1 Å². The second kappa shape index (κ2) is 8.24. The third-order valence-electron chi connectivity index (χ3n) is 3.84. The van der Waals surface area contributed by atoms with E-state index in [0.717, 1.165) is 12.1 Å². The predicted octanol–water partition coefficient (Wildman–Crippen LogP) is 5.46. The van der Waals surface area contributed by atoms with Crippen molar-refractivity contribution in [3.05, 3.63) is 64.2 Å². The van der Waals surface area contributed by atoms with Crippen LogP contribution in [0.25, 0.3) is 0 Å². The highest BCUT2D eigenvalue weighted by Gasteiger charge is 2.31. The number of ether oxygens (including phenoxy) is 1. The van der Waals surface area contributed by atoms with Crippen LogP contribution in [0.3, 0.4) is 0 Å². The van der Waals surface area contributed by atoms with Gasteiger partial charge in [-0.2, -0.15) is 23.5 Å². The molecule has 29 heavy (non-hydrogen) atoms. The van der Waals surface area contributed by atoms with Crippen LogP contribution >= 0.6 is 11.6 Å². The molecule has 0 spiro atoms. The van der Waals surface area contributed by atoms with Gasteiger partial charge in [-0.05, 0) is 36.4 Å². The molecule has 2 N–H and O–H groups in total. The van der Waals surface area contributed by atoms with Gasteiger partial charge in [-0.25, -0.2) is 4.99 Å². The first-order valence-electron chi connectivity index (χ1n) is 8.12. The zero-order chi connectivity index (χ0) is 21.0. The van der Waals surface area contributed by atoms with Gasteiger partial charge in [-0.1, -0.05) is 17.7 Å². The molecule has 6 nitrogen and oxygen atoms in total. The van der Waals surface area contributed by atoms with Crippen molar-refractivity contribution < 1.29 is 17.9 Å². The molecule has 0 amide bonds. The minimum Gasteiger partial charge on any atom is -0.496 e. The molecule has 0 bridgehead atoms. The van der Waals surface area contributed by atoms with Gasteiger partial charge in [0.2, 0.25) is 0 Å². The normalized spacial score (nSPS) is 11.4. The van der Waals surface area contributed by atoms with E-state index in [9.17, 15) is 18.4 Å². The summed E-state index contributed by atoms with van der Waals surface area (Å²) in [5.41, 5.74) is -0.0407. The number of H-pyrrole nitrogens is 1. The number of halogens is 4. The van der Waals surface area contributed by atoms with Gasteiger partial charge in [0.1, 0.15) is 17.4 Å². The van der Waals surface area contributed by atoms with E-state index < -0.39 is 11.7 Å². The number of aliphatic imine (C=N–C) groups is 1. The van der Waals surface area contributed by atoms with Gasteiger partial charge < -0.3 is 10.1 Å². The summed E-state index contributed by atoms with van der Waals surface area (Å²) in [4.78, 5) is 4.08. The molecule has 0 atom stereocenters. The summed E-state index contributed by atoms with van der Waals surface area (Å²) in [6.45, 7) is 0. The Balaban J connectivity index is 1.92. The van der Waals surface area contributed by atoms with Crippen molar-refractivity contribution in [1.82, 2.24) is 10.2 Å². The van der Waals surface area contributed by atoms with Gasteiger partial charge in [0.05, 0.1) is 12.7 Å². The molecule has 148 valence electrons. The second-order valence-corrected chi connectivity index (χ2v) is 6.19. The number of nitriles is 1. The molecule has 10 heteroatoms. The van der Waals surface area contributed by atoms with Gasteiger partial charge in [-0.3, -0.25) is 5.10 Å². The first-order valence-corrected chi connectivity index (χ1v) is 8.50. The van der Waals surface area contributed by atoms with Crippen molar-refractivity contribution in [1.29, 1.82) is 5.26 Å². The van der Waals surface area contributed by atoms with Crippen LogP contribution in [-0.2, 0) is 6.18 Å². The Morgan fingerprint density at radius 2 is 2.07 bits per heavy atom. The highest BCUT2D eigenvalue weighted by atomic mass is 35.5. The fourth-order valence-corrected chi connectivity index (χ4v) is 2.66. The Bertz CT molecular complexity index is 1100. The Labute approximate surface area is 168 Å². The third-order valence-corrected chi connectivity index (χ3v) is 4.07. The van der Waals surface area contributed by atoms with E-state index in [1.165, 1.54) is 19.4 Å². The number of methoxy groups -OCH3 is 1. The zero-order valence-corrected chi connectivity index (χ0v) is 15.6. The minimum atomic E-state index is -4.51. The van der Waals surface area contributed by atoms with Crippen LogP contribution in [0.1, 0.15) is 16.7 Å². The lowest BCUT2D eigenvalue weighted by Crippen LogP contribution is -2.06. The zero-order valence-electron chi connectivity index (χ0n) is 14.9. The fourth-order valence-electron chi connectivity index (χ4n) is 2.47. The van der Waals surface area contributed by atoms with Gasteiger partial charge in [0.25, 0.3) is 0 Å². The summed E-state index contributed by atoms with van der Waals surface area (Å²) in [6, 6.07) is 11.8. The Hall–Kier alpha value is -3.51. The van der Waals surface area contributed by atoms with E-state index >= 15 is 0 Å². The van der Waals surface area contributed by atoms with E-state index in [1.54, 1.807) is 24.3 Å². The SMILES string of the molecule is COc1ccc(C(F)(F)F)cc1/C=N/c1[nH]nc(Nc2cccc(Cl)c2)c1C#N. The minimum absolute atomic E-state index is 0.0801. The summed E-state index contributed by atoms with van der Waals surface area (Å²) < 4.78 is 44.0. The molecular formula is C19H13ClF3N5O.